The van der Waals surface area contributed by atoms with Gasteiger partial charge in [0.25, 0.3) is 0 Å². The topological polar surface area (TPSA) is 63.6 Å². The maximum Gasteiger partial charge on any atom is 0.306 e. The minimum absolute atomic E-state index is 0.0153. The summed E-state index contributed by atoms with van der Waals surface area (Å²) in [7, 11) is 0. The quantitative estimate of drug-likeness (QED) is 0.110. The number of hydrogen-bond acceptors (Lipinski definition) is 3. The average Bonchev–Trinajstić information content (AvgIpc) is 2.76. The van der Waals surface area contributed by atoms with E-state index in [1.54, 1.807) is 0 Å². The van der Waals surface area contributed by atoms with Crippen molar-refractivity contribution in [1.29, 1.82) is 0 Å². The van der Waals surface area contributed by atoms with Crippen molar-refractivity contribution in [3.05, 3.63) is 0 Å². The van der Waals surface area contributed by atoms with Crippen molar-refractivity contribution in [2.75, 3.05) is 0 Å². The predicted octanol–water partition coefficient (Wildman–Crippen LogP) is 8.99. The summed E-state index contributed by atoms with van der Waals surface area (Å²) in [5.41, 5.74) is 0. The average molecular weight is 455 g/mol. The summed E-state index contributed by atoms with van der Waals surface area (Å²) in [4.78, 5) is 22.9. The molecule has 0 bridgehead atoms. The van der Waals surface area contributed by atoms with E-state index in [1.165, 1.54) is 83.5 Å². The Bertz CT molecular complexity index is 422. The molecular formula is C28H54O4. The number of carbonyl (C=O) groups is 2. The molecule has 0 aromatic carbocycles. The minimum Gasteiger partial charge on any atom is -0.481 e. The number of carboxylic acids is 1. The Morgan fingerprint density at radius 2 is 0.938 bits per heavy atom. The van der Waals surface area contributed by atoms with E-state index < -0.39 is 5.97 Å². The first-order chi connectivity index (χ1) is 15.6. The van der Waals surface area contributed by atoms with Gasteiger partial charge in [0.1, 0.15) is 6.10 Å². The molecule has 0 heterocycles. The van der Waals surface area contributed by atoms with Crippen molar-refractivity contribution in [3.63, 3.8) is 0 Å². The molecule has 1 N–H and O–H groups in total. The van der Waals surface area contributed by atoms with Crippen LogP contribution in [0, 0.1) is 0 Å². The Kier molecular flexibility index (Phi) is 23.8. The molecule has 0 saturated heterocycles. The smallest absolute Gasteiger partial charge is 0.306 e. The molecule has 0 saturated carbocycles. The van der Waals surface area contributed by atoms with Gasteiger partial charge in [-0.1, -0.05) is 110 Å². The fourth-order valence-electron chi connectivity index (χ4n) is 4.24. The number of esters is 1. The van der Waals surface area contributed by atoms with E-state index in [1.807, 2.05) is 0 Å². The zero-order valence-electron chi connectivity index (χ0n) is 21.5. The van der Waals surface area contributed by atoms with Crippen molar-refractivity contribution in [2.45, 2.75) is 168 Å². The highest BCUT2D eigenvalue weighted by atomic mass is 16.5. The molecule has 0 amide bonds. The van der Waals surface area contributed by atoms with Gasteiger partial charge in [0.05, 0.1) is 0 Å². The second kappa shape index (κ2) is 24.6. The van der Waals surface area contributed by atoms with Crippen LogP contribution in [0.1, 0.15) is 162 Å². The van der Waals surface area contributed by atoms with Crippen LogP contribution in [0.3, 0.4) is 0 Å². The number of carbonyl (C=O) groups excluding carboxylic acids is 1. The van der Waals surface area contributed by atoms with Gasteiger partial charge in [-0.05, 0) is 38.5 Å². The summed E-state index contributed by atoms with van der Waals surface area (Å²) in [6.07, 6.45) is 25.5. The van der Waals surface area contributed by atoms with Crippen LogP contribution in [0.4, 0.5) is 0 Å². The van der Waals surface area contributed by atoms with Crippen molar-refractivity contribution < 1.29 is 19.4 Å². The maximum atomic E-state index is 12.3. The summed E-state index contributed by atoms with van der Waals surface area (Å²) >= 11 is 0. The molecular weight excluding hydrogens is 400 g/mol. The monoisotopic (exact) mass is 454 g/mol. The first-order valence-corrected chi connectivity index (χ1v) is 14.0. The van der Waals surface area contributed by atoms with Crippen LogP contribution in [0.5, 0.6) is 0 Å². The largest absolute Gasteiger partial charge is 0.481 e. The number of unbranched alkanes of at least 4 members (excludes halogenated alkanes) is 16. The SMILES string of the molecule is CCCCCCCCCCCCCCC(=O)OC(CCCCCC)CCCCCC(=O)O. The van der Waals surface area contributed by atoms with Crippen LogP contribution in [-0.2, 0) is 14.3 Å². The molecule has 4 nitrogen and oxygen atoms in total. The fraction of sp³-hybridized carbons (Fsp3) is 0.929. The minimum atomic E-state index is -0.727. The van der Waals surface area contributed by atoms with E-state index in [9.17, 15) is 9.59 Å². The third-order valence-corrected chi connectivity index (χ3v) is 6.33. The van der Waals surface area contributed by atoms with Crippen LogP contribution < -0.4 is 0 Å². The van der Waals surface area contributed by atoms with Crippen molar-refractivity contribution in [2.24, 2.45) is 0 Å². The van der Waals surface area contributed by atoms with Gasteiger partial charge in [-0.3, -0.25) is 9.59 Å². The highest BCUT2D eigenvalue weighted by Gasteiger charge is 2.14. The highest BCUT2D eigenvalue weighted by molar-refractivity contribution is 5.69. The summed E-state index contributed by atoms with van der Waals surface area (Å²) in [6.45, 7) is 4.47. The van der Waals surface area contributed by atoms with Gasteiger partial charge in [0, 0.05) is 12.8 Å². The summed E-state index contributed by atoms with van der Waals surface area (Å²) in [5.74, 6) is -0.766. The van der Waals surface area contributed by atoms with E-state index in [4.69, 9.17) is 9.84 Å². The lowest BCUT2D eigenvalue weighted by atomic mass is 10.0. The number of ether oxygens (including phenoxy) is 1. The van der Waals surface area contributed by atoms with Crippen LogP contribution in [0.15, 0.2) is 0 Å². The second-order valence-electron chi connectivity index (χ2n) is 9.59. The van der Waals surface area contributed by atoms with Gasteiger partial charge in [0.15, 0.2) is 0 Å². The molecule has 0 fully saturated rings. The zero-order valence-corrected chi connectivity index (χ0v) is 21.5. The third kappa shape index (κ3) is 23.6. The van der Waals surface area contributed by atoms with Gasteiger partial charge in [-0.15, -0.1) is 0 Å². The molecule has 0 radical (unpaired) electrons. The van der Waals surface area contributed by atoms with Gasteiger partial charge < -0.3 is 9.84 Å². The van der Waals surface area contributed by atoms with Gasteiger partial charge >= 0.3 is 11.9 Å². The molecule has 4 heteroatoms. The third-order valence-electron chi connectivity index (χ3n) is 6.33. The Morgan fingerprint density at radius 3 is 1.41 bits per heavy atom. The Morgan fingerprint density at radius 1 is 0.562 bits per heavy atom. The van der Waals surface area contributed by atoms with E-state index in [0.717, 1.165) is 44.9 Å². The summed E-state index contributed by atoms with van der Waals surface area (Å²) < 4.78 is 5.80. The van der Waals surface area contributed by atoms with Gasteiger partial charge in [-0.2, -0.15) is 0 Å². The lowest BCUT2D eigenvalue weighted by Gasteiger charge is -2.18. The molecule has 190 valence electrons. The number of aliphatic carboxylic acids is 1. The van der Waals surface area contributed by atoms with Crippen LogP contribution in [0.2, 0.25) is 0 Å². The Hall–Kier alpha value is -1.06. The predicted molar refractivity (Wildman–Crippen MR) is 135 cm³/mol. The zero-order chi connectivity index (χ0) is 23.7. The molecule has 0 aliphatic rings. The molecule has 0 aromatic rings. The first-order valence-electron chi connectivity index (χ1n) is 14.0. The first kappa shape index (κ1) is 30.9. The lowest BCUT2D eigenvalue weighted by molar-refractivity contribution is -0.150. The maximum absolute atomic E-state index is 12.3. The lowest BCUT2D eigenvalue weighted by Crippen LogP contribution is -2.18. The van der Waals surface area contributed by atoms with E-state index in [2.05, 4.69) is 13.8 Å². The molecule has 1 unspecified atom stereocenters. The molecule has 1 atom stereocenters. The van der Waals surface area contributed by atoms with Gasteiger partial charge in [0.2, 0.25) is 0 Å². The van der Waals surface area contributed by atoms with Crippen LogP contribution >= 0.6 is 0 Å². The summed E-state index contributed by atoms with van der Waals surface area (Å²) in [6, 6.07) is 0. The molecule has 32 heavy (non-hydrogen) atoms. The molecule has 0 aliphatic carbocycles. The highest BCUT2D eigenvalue weighted by Crippen LogP contribution is 2.17. The number of hydrogen-bond donors (Lipinski definition) is 1. The second-order valence-corrected chi connectivity index (χ2v) is 9.59. The normalized spacial score (nSPS) is 12.1. The number of rotatable bonds is 25. The van der Waals surface area contributed by atoms with Crippen LogP contribution in [-0.4, -0.2) is 23.1 Å². The van der Waals surface area contributed by atoms with Crippen molar-refractivity contribution in [1.82, 2.24) is 0 Å². The van der Waals surface area contributed by atoms with Crippen molar-refractivity contribution in [3.8, 4) is 0 Å². The molecule has 0 rings (SSSR count). The Balaban J connectivity index is 3.80. The van der Waals surface area contributed by atoms with E-state index >= 15 is 0 Å². The van der Waals surface area contributed by atoms with Crippen molar-refractivity contribution >= 4 is 11.9 Å². The molecule has 0 spiro atoms. The standard InChI is InChI=1S/C28H54O4/c1-3-5-7-9-10-11-12-13-14-15-16-21-25-28(31)32-26(22-18-8-6-4-2)23-19-17-20-24-27(29)30/h26H,3-25H2,1-2H3,(H,29,30). The van der Waals surface area contributed by atoms with E-state index in [0.29, 0.717) is 12.8 Å². The Labute approximate surface area is 199 Å². The molecule has 0 aliphatic heterocycles. The van der Waals surface area contributed by atoms with E-state index in [-0.39, 0.29) is 18.5 Å². The molecule has 0 aromatic heterocycles. The van der Waals surface area contributed by atoms with Gasteiger partial charge in [-0.25, -0.2) is 0 Å². The fourth-order valence-corrected chi connectivity index (χ4v) is 4.24. The van der Waals surface area contributed by atoms with Crippen LogP contribution in [0.25, 0.3) is 0 Å². The number of carboxylic acid groups (broad SMARTS) is 1. The summed E-state index contributed by atoms with van der Waals surface area (Å²) in [5, 5.41) is 8.75.